The molecule has 0 aliphatic carbocycles. The molecule has 2 aromatic rings. The van der Waals surface area contributed by atoms with Gasteiger partial charge in [-0.3, -0.25) is 4.79 Å². The minimum atomic E-state index is -1.19. The lowest BCUT2D eigenvalue weighted by atomic mass is 9.70. The van der Waals surface area contributed by atoms with Crippen molar-refractivity contribution >= 4 is 6.29 Å². The van der Waals surface area contributed by atoms with Gasteiger partial charge in [0, 0.05) is 29.1 Å². The van der Waals surface area contributed by atoms with Crippen molar-refractivity contribution in [1.29, 1.82) is 0 Å². The summed E-state index contributed by atoms with van der Waals surface area (Å²) < 4.78 is 28.8. The van der Waals surface area contributed by atoms with Crippen LogP contribution in [0.2, 0.25) is 0 Å². The molecule has 0 saturated carbocycles. The van der Waals surface area contributed by atoms with E-state index in [0.29, 0.717) is 23.3 Å². The molecule has 0 amide bonds. The Morgan fingerprint density at radius 1 is 0.853 bits per heavy atom. The Hall–Kier alpha value is -2.77. The van der Waals surface area contributed by atoms with Gasteiger partial charge in [0.15, 0.2) is 17.8 Å². The predicted octanol–water partition coefficient (Wildman–Crippen LogP) is 5.42. The molecule has 2 rings (SSSR count). The van der Waals surface area contributed by atoms with Gasteiger partial charge < -0.3 is 28.8 Å². The van der Waals surface area contributed by atoms with E-state index in [0.717, 1.165) is 0 Å². The number of hydrogen-bond acceptors (Lipinski definition) is 7. The highest BCUT2D eigenvalue weighted by Gasteiger charge is 2.54. The fourth-order valence-electron chi connectivity index (χ4n) is 4.74. The van der Waals surface area contributed by atoms with Crippen LogP contribution < -0.4 is 18.9 Å². The molecular weight excluding hydrogens is 436 g/mol. The standard InChI is InChI=1S/C27H38O7/c1-25(2,3)27(33-10,26(4,5)6)34-19-13-11-12-17(14-19)22(29)21-18(16-28)15-20(30-7)23(31-8)24(21)32-9/h11-16,22,29H,1-10H3. The molecule has 1 N–H and O–H groups in total. The zero-order valence-electron chi connectivity index (χ0n) is 21.9. The number of carbonyl (C=O) groups is 1. The zero-order valence-corrected chi connectivity index (χ0v) is 21.9. The second-order valence-electron chi connectivity index (χ2n) is 10.2. The van der Waals surface area contributed by atoms with E-state index in [1.54, 1.807) is 25.3 Å². The van der Waals surface area contributed by atoms with Gasteiger partial charge in [0.2, 0.25) is 11.5 Å². The highest BCUT2D eigenvalue weighted by Crippen LogP contribution is 2.49. The number of ether oxygens (including phenoxy) is 5. The number of benzene rings is 2. The van der Waals surface area contributed by atoms with Gasteiger partial charge in [0.05, 0.1) is 21.3 Å². The maximum absolute atomic E-state index is 11.9. The molecule has 7 nitrogen and oxygen atoms in total. The van der Waals surface area contributed by atoms with E-state index in [1.807, 2.05) is 6.07 Å². The van der Waals surface area contributed by atoms with Crippen LogP contribution in [0.5, 0.6) is 23.0 Å². The molecule has 0 aliphatic rings. The largest absolute Gasteiger partial charge is 0.493 e. The zero-order chi connectivity index (χ0) is 25.9. The van der Waals surface area contributed by atoms with Gasteiger partial charge in [-0.1, -0.05) is 53.7 Å². The Balaban J connectivity index is 2.64. The summed E-state index contributed by atoms with van der Waals surface area (Å²) in [7, 11) is 6.02. The van der Waals surface area contributed by atoms with Crippen LogP contribution in [0.4, 0.5) is 0 Å². The number of rotatable bonds is 9. The van der Waals surface area contributed by atoms with Crippen molar-refractivity contribution in [3.05, 3.63) is 47.0 Å². The molecule has 0 bridgehead atoms. The van der Waals surface area contributed by atoms with E-state index < -0.39 is 11.9 Å². The molecule has 0 spiro atoms. The van der Waals surface area contributed by atoms with Crippen LogP contribution in [0.3, 0.4) is 0 Å². The number of hydrogen-bond donors (Lipinski definition) is 1. The van der Waals surface area contributed by atoms with Gasteiger partial charge in [-0.2, -0.15) is 0 Å². The topological polar surface area (TPSA) is 83.5 Å². The first-order valence-corrected chi connectivity index (χ1v) is 11.1. The molecule has 0 aliphatic heterocycles. The van der Waals surface area contributed by atoms with Crippen molar-refractivity contribution in [3.63, 3.8) is 0 Å². The first kappa shape index (κ1) is 27.5. The molecule has 0 radical (unpaired) electrons. The first-order valence-electron chi connectivity index (χ1n) is 11.1. The minimum absolute atomic E-state index is 0.221. The van der Waals surface area contributed by atoms with Crippen molar-refractivity contribution in [1.82, 2.24) is 0 Å². The SMILES string of the molecule is COc1cc(C=O)c(C(O)c2cccc(OC(OC)(C(C)(C)C)C(C)(C)C)c2)c(OC)c1OC. The summed E-state index contributed by atoms with van der Waals surface area (Å²) >= 11 is 0. The molecule has 1 atom stereocenters. The maximum Gasteiger partial charge on any atom is 0.219 e. The normalized spacial score (nSPS) is 13.3. The van der Waals surface area contributed by atoms with E-state index in [9.17, 15) is 9.90 Å². The fraction of sp³-hybridized carbons (Fsp3) is 0.519. The van der Waals surface area contributed by atoms with Gasteiger partial charge in [0.25, 0.3) is 0 Å². The van der Waals surface area contributed by atoms with Crippen LogP contribution in [-0.4, -0.2) is 45.6 Å². The third-order valence-corrected chi connectivity index (χ3v) is 6.00. The number of carbonyl (C=O) groups excluding carboxylic acids is 1. The van der Waals surface area contributed by atoms with Crippen LogP contribution in [0.1, 0.15) is 69.1 Å². The van der Waals surface area contributed by atoms with Crippen LogP contribution in [0.25, 0.3) is 0 Å². The lowest BCUT2D eigenvalue weighted by Crippen LogP contribution is -2.59. The summed E-state index contributed by atoms with van der Waals surface area (Å²) in [6, 6.07) is 8.61. The maximum atomic E-state index is 11.9. The number of aldehydes is 1. The average molecular weight is 475 g/mol. The highest BCUT2D eigenvalue weighted by atomic mass is 16.7. The fourth-order valence-corrected chi connectivity index (χ4v) is 4.74. The van der Waals surface area contributed by atoms with Gasteiger partial charge in [-0.15, -0.1) is 0 Å². The highest BCUT2D eigenvalue weighted by molar-refractivity contribution is 5.82. The van der Waals surface area contributed by atoms with Crippen molar-refractivity contribution in [2.45, 2.75) is 53.4 Å². The van der Waals surface area contributed by atoms with Crippen molar-refractivity contribution in [2.75, 3.05) is 28.4 Å². The minimum Gasteiger partial charge on any atom is -0.493 e. The smallest absolute Gasteiger partial charge is 0.219 e. The van der Waals surface area contributed by atoms with Gasteiger partial charge in [0.1, 0.15) is 11.9 Å². The van der Waals surface area contributed by atoms with Crippen LogP contribution in [0.15, 0.2) is 30.3 Å². The molecule has 0 aromatic heterocycles. The van der Waals surface area contributed by atoms with Crippen molar-refractivity contribution in [2.24, 2.45) is 10.8 Å². The second kappa shape index (κ2) is 10.2. The van der Waals surface area contributed by atoms with E-state index in [4.69, 9.17) is 23.7 Å². The Labute approximate surface area is 202 Å². The number of aliphatic hydroxyl groups is 1. The van der Waals surface area contributed by atoms with Crippen LogP contribution in [0, 0.1) is 10.8 Å². The van der Waals surface area contributed by atoms with E-state index >= 15 is 0 Å². The lowest BCUT2D eigenvalue weighted by Gasteiger charge is -2.51. The molecule has 188 valence electrons. The Morgan fingerprint density at radius 3 is 1.88 bits per heavy atom. The monoisotopic (exact) mass is 474 g/mol. The molecular formula is C27H38O7. The lowest BCUT2D eigenvalue weighted by molar-refractivity contribution is -0.283. The van der Waals surface area contributed by atoms with E-state index in [1.165, 1.54) is 27.4 Å². The van der Waals surface area contributed by atoms with E-state index in [2.05, 4.69) is 41.5 Å². The predicted molar refractivity (Wildman–Crippen MR) is 131 cm³/mol. The van der Waals surface area contributed by atoms with Gasteiger partial charge in [-0.05, 0) is 23.8 Å². The Bertz CT molecular complexity index is 985. The molecule has 2 aromatic carbocycles. The third-order valence-electron chi connectivity index (χ3n) is 6.00. The van der Waals surface area contributed by atoms with E-state index in [-0.39, 0.29) is 33.5 Å². The average Bonchev–Trinajstić information content (AvgIpc) is 2.78. The summed E-state index contributed by atoms with van der Waals surface area (Å²) in [5, 5.41) is 11.4. The second-order valence-corrected chi connectivity index (χ2v) is 10.2. The third kappa shape index (κ3) is 4.86. The molecule has 7 heteroatoms. The number of methoxy groups -OCH3 is 4. The molecule has 1 unspecified atom stereocenters. The summed E-state index contributed by atoms with van der Waals surface area (Å²) in [6.07, 6.45) is -0.543. The molecule has 34 heavy (non-hydrogen) atoms. The van der Waals surface area contributed by atoms with Gasteiger partial charge >= 0.3 is 0 Å². The molecule has 0 fully saturated rings. The summed E-state index contributed by atoms with van der Waals surface area (Å²) in [5.41, 5.74) is 0.275. The van der Waals surface area contributed by atoms with Gasteiger partial charge in [-0.25, -0.2) is 0 Å². The summed E-state index contributed by atoms with van der Waals surface area (Å²) in [6.45, 7) is 12.4. The van der Waals surface area contributed by atoms with Crippen LogP contribution in [-0.2, 0) is 4.74 Å². The summed E-state index contributed by atoms with van der Waals surface area (Å²) in [4.78, 5) is 11.9. The van der Waals surface area contributed by atoms with Crippen molar-refractivity contribution < 1.29 is 33.6 Å². The van der Waals surface area contributed by atoms with Crippen molar-refractivity contribution in [3.8, 4) is 23.0 Å². The summed E-state index contributed by atoms with van der Waals surface area (Å²) in [5.74, 6) is 0.401. The quantitative estimate of drug-likeness (QED) is 0.384. The Morgan fingerprint density at radius 2 is 1.44 bits per heavy atom. The number of aliphatic hydroxyl groups excluding tert-OH is 1. The Kier molecular flexibility index (Phi) is 8.27. The van der Waals surface area contributed by atoms with Crippen LogP contribution >= 0.6 is 0 Å². The first-order chi connectivity index (χ1) is 15.8. The molecule has 0 saturated heterocycles. The molecule has 0 heterocycles.